The van der Waals surface area contributed by atoms with E-state index in [4.69, 9.17) is 0 Å². The van der Waals surface area contributed by atoms with Crippen LogP contribution >= 0.6 is 15.9 Å². The number of nitrogens with zero attached hydrogens (tertiary/aromatic N) is 2. The topological polar surface area (TPSA) is 46.9 Å². The van der Waals surface area contributed by atoms with E-state index in [9.17, 15) is 4.79 Å². The molecule has 0 fully saturated rings. The highest BCUT2D eigenvalue weighted by atomic mass is 79.9. The molecule has 4 nitrogen and oxygen atoms in total. The molecule has 0 saturated carbocycles. The molecule has 0 bridgehead atoms. The monoisotopic (exact) mass is 293 g/mol. The molecule has 1 N–H and O–H groups in total. The Bertz CT molecular complexity index is 522. The summed E-state index contributed by atoms with van der Waals surface area (Å²) in [4.78, 5) is 15.8. The van der Waals surface area contributed by atoms with E-state index in [1.165, 1.54) is 0 Å². The van der Waals surface area contributed by atoms with Gasteiger partial charge in [0.15, 0.2) is 0 Å². The summed E-state index contributed by atoms with van der Waals surface area (Å²) in [5.41, 5.74) is 1.66. The summed E-state index contributed by atoms with van der Waals surface area (Å²) in [6.45, 7) is 0.504. The smallest absolute Gasteiger partial charge is 0.268 e. The van der Waals surface area contributed by atoms with Gasteiger partial charge in [-0.3, -0.25) is 9.78 Å². The zero-order chi connectivity index (χ0) is 12.3. The molecule has 0 unspecified atom stereocenters. The quantitative estimate of drug-likeness (QED) is 0.942. The number of nitrogens with one attached hydrogen (secondary N) is 1. The van der Waals surface area contributed by atoms with Gasteiger partial charge in [0.2, 0.25) is 0 Å². The summed E-state index contributed by atoms with van der Waals surface area (Å²) in [6.07, 6.45) is 5.27. The van der Waals surface area contributed by atoms with Gasteiger partial charge in [0, 0.05) is 36.7 Å². The maximum Gasteiger partial charge on any atom is 0.268 e. The van der Waals surface area contributed by atoms with Crippen molar-refractivity contribution in [3.63, 3.8) is 0 Å². The lowest BCUT2D eigenvalue weighted by Crippen LogP contribution is -2.24. The summed E-state index contributed by atoms with van der Waals surface area (Å²) in [6, 6.07) is 5.55. The van der Waals surface area contributed by atoms with E-state index in [-0.39, 0.29) is 5.91 Å². The predicted molar refractivity (Wildman–Crippen MR) is 68.5 cm³/mol. The molecular weight excluding hydrogens is 282 g/mol. The van der Waals surface area contributed by atoms with E-state index in [1.54, 1.807) is 23.0 Å². The molecule has 0 aliphatic carbocycles. The summed E-state index contributed by atoms with van der Waals surface area (Å²) in [7, 11) is 1.84. The molecule has 1 amide bonds. The van der Waals surface area contributed by atoms with Crippen molar-refractivity contribution in [1.82, 2.24) is 14.9 Å². The number of rotatable bonds is 3. The van der Waals surface area contributed by atoms with E-state index in [0.717, 1.165) is 10.0 Å². The maximum absolute atomic E-state index is 11.9. The average molecular weight is 294 g/mol. The predicted octanol–water partition coefficient (Wildman–Crippen LogP) is 2.11. The summed E-state index contributed by atoms with van der Waals surface area (Å²) in [5.74, 6) is -0.0880. The van der Waals surface area contributed by atoms with Crippen molar-refractivity contribution in [2.24, 2.45) is 7.05 Å². The Morgan fingerprint density at radius 3 is 2.76 bits per heavy atom. The first-order valence-corrected chi connectivity index (χ1v) is 5.95. The third-order valence-electron chi connectivity index (χ3n) is 2.41. The minimum absolute atomic E-state index is 0.0880. The van der Waals surface area contributed by atoms with Gasteiger partial charge in [-0.05, 0) is 39.7 Å². The van der Waals surface area contributed by atoms with E-state index in [0.29, 0.717) is 12.2 Å². The van der Waals surface area contributed by atoms with Crippen LogP contribution in [-0.4, -0.2) is 15.5 Å². The standard InChI is InChI=1S/C12H12BrN3O/c1-16-8-10(13)6-11(16)12(17)15-7-9-2-4-14-5-3-9/h2-6,8H,7H2,1H3,(H,15,17). The fourth-order valence-corrected chi connectivity index (χ4v) is 2.05. The van der Waals surface area contributed by atoms with E-state index in [1.807, 2.05) is 25.4 Å². The number of halogens is 1. The van der Waals surface area contributed by atoms with Crippen molar-refractivity contribution < 1.29 is 4.79 Å². The Kier molecular flexibility index (Phi) is 3.58. The number of carbonyl (C=O) groups is 1. The van der Waals surface area contributed by atoms with Crippen LogP contribution in [0, 0.1) is 0 Å². The molecule has 2 aromatic heterocycles. The number of amides is 1. The van der Waals surface area contributed by atoms with Gasteiger partial charge in [0.05, 0.1) is 0 Å². The lowest BCUT2D eigenvalue weighted by molar-refractivity contribution is 0.0943. The van der Waals surface area contributed by atoms with Crippen molar-refractivity contribution in [3.05, 3.63) is 52.5 Å². The van der Waals surface area contributed by atoms with Crippen LogP contribution in [0.5, 0.6) is 0 Å². The molecule has 5 heteroatoms. The van der Waals surface area contributed by atoms with Crippen molar-refractivity contribution in [1.29, 1.82) is 0 Å². The second-order valence-electron chi connectivity index (χ2n) is 3.69. The first-order chi connectivity index (χ1) is 8.16. The Labute approximate surface area is 108 Å². The van der Waals surface area contributed by atoms with Gasteiger partial charge < -0.3 is 9.88 Å². The lowest BCUT2D eigenvalue weighted by atomic mass is 10.2. The van der Waals surface area contributed by atoms with E-state index >= 15 is 0 Å². The molecule has 0 aliphatic rings. The third kappa shape index (κ3) is 2.94. The molecule has 0 spiro atoms. The van der Waals surface area contributed by atoms with Gasteiger partial charge in [-0.25, -0.2) is 0 Å². The zero-order valence-electron chi connectivity index (χ0n) is 9.35. The van der Waals surface area contributed by atoms with Gasteiger partial charge >= 0.3 is 0 Å². The number of carbonyl (C=O) groups excluding carboxylic acids is 1. The van der Waals surface area contributed by atoms with E-state index in [2.05, 4.69) is 26.2 Å². The fraction of sp³-hybridized carbons (Fsp3) is 0.167. The molecular formula is C12H12BrN3O. The van der Waals surface area contributed by atoms with Gasteiger partial charge in [-0.1, -0.05) is 0 Å². The zero-order valence-corrected chi connectivity index (χ0v) is 10.9. The number of pyridine rings is 1. The largest absolute Gasteiger partial charge is 0.347 e. The Morgan fingerprint density at radius 1 is 1.47 bits per heavy atom. The molecule has 2 heterocycles. The van der Waals surface area contributed by atoms with Gasteiger partial charge in [-0.15, -0.1) is 0 Å². The summed E-state index contributed by atoms with van der Waals surface area (Å²) < 4.78 is 2.68. The van der Waals surface area contributed by atoms with Crippen molar-refractivity contribution >= 4 is 21.8 Å². The van der Waals surface area contributed by atoms with Crippen LogP contribution < -0.4 is 5.32 Å². The molecule has 2 rings (SSSR count). The minimum Gasteiger partial charge on any atom is -0.347 e. The summed E-state index contributed by atoms with van der Waals surface area (Å²) in [5, 5.41) is 2.86. The lowest BCUT2D eigenvalue weighted by Gasteiger charge is -2.05. The van der Waals surface area contributed by atoms with E-state index < -0.39 is 0 Å². The van der Waals surface area contributed by atoms with Crippen LogP contribution in [0.2, 0.25) is 0 Å². The van der Waals surface area contributed by atoms with Crippen LogP contribution in [0.4, 0.5) is 0 Å². The molecule has 17 heavy (non-hydrogen) atoms. The third-order valence-corrected chi connectivity index (χ3v) is 2.84. The van der Waals surface area contributed by atoms with Crippen molar-refractivity contribution in [2.75, 3.05) is 0 Å². The molecule has 0 aliphatic heterocycles. The number of hydrogen-bond acceptors (Lipinski definition) is 2. The minimum atomic E-state index is -0.0880. The van der Waals surface area contributed by atoms with Crippen LogP contribution in [0.1, 0.15) is 16.1 Å². The Balaban J connectivity index is 2.01. The highest BCUT2D eigenvalue weighted by Gasteiger charge is 2.10. The number of aryl methyl sites for hydroxylation is 1. The highest BCUT2D eigenvalue weighted by molar-refractivity contribution is 9.10. The summed E-state index contributed by atoms with van der Waals surface area (Å²) >= 11 is 3.34. The van der Waals surface area contributed by atoms with Crippen LogP contribution in [0.3, 0.4) is 0 Å². The number of hydrogen-bond donors (Lipinski definition) is 1. The fourth-order valence-electron chi connectivity index (χ4n) is 1.52. The molecule has 0 radical (unpaired) electrons. The van der Waals surface area contributed by atoms with Gasteiger partial charge in [0.1, 0.15) is 5.69 Å². The first kappa shape index (κ1) is 11.9. The highest BCUT2D eigenvalue weighted by Crippen LogP contribution is 2.13. The second kappa shape index (κ2) is 5.14. The van der Waals surface area contributed by atoms with Gasteiger partial charge in [-0.2, -0.15) is 0 Å². The molecule has 88 valence electrons. The maximum atomic E-state index is 11.9. The molecule has 0 aromatic carbocycles. The molecule has 2 aromatic rings. The number of aromatic nitrogens is 2. The normalized spacial score (nSPS) is 10.2. The van der Waals surface area contributed by atoms with Crippen LogP contribution in [0.15, 0.2) is 41.3 Å². The second-order valence-corrected chi connectivity index (χ2v) is 4.61. The van der Waals surface area contributed by atoms with Crippen molar-refractivity contribution in [2.45, 2.75) is 6.54 Å². The van der Waals surface area contributed by atoms with Crippen LogP contribution in [-0.2, 0) is 13.6 Å². The molecule has 0 saturated heterocycles. The van der Waals surface area contributed by atoms with Crippen LogP contribution in [0.25, 0.3) is 0 Å². The SMILES string of the molecule is Cn1cc(Br)cc1C(=O)NCc1ccncc1. The Hall–Kier alpha value is -1.62. The van der Waals surface area contributed by atoms with Crippen molar-refractivity contribution in [3.8, 4) is 0 Å². The van der Waals surface area contributed by atoms with Gasteiger partial charge in [0.25, 0.3) is 5.91 Å². The average Bonchev–Trinajstić information content (AvgIpc) is 2.67. The molecule has 0 atom stereocenters. The Morgan fingerprint density at radius 2 is 2.18 bits per heavy atom. The first-order valence-electron chi connectivity index (χ1n) is 5.16.